The number of hydrogen-bond donors (Lipinski definition) is 2. The summed E-state index contributed by atoms with van der Waals surface area (Å²) in [5.41, 5.74) is 1.58. The SMILES string of the molecule is N=C(CCNc1cc(-c2ccc3c(c2)OCO3)nc2ccccc12)C(F)(F)F. The zero-order chi connectivity index (χ0) is 19.7. The first kappa shape index (κ1) is 18.1. The summed E-state index contributed by atoms with van der Waals surface area (Å²) in [4.78, 5) is 4.66. The lowest BCUT2D eigenvalue weighted by atomic mass is 10.1. The quantitative estimate of drug-likeness (QED) is 0.604. The number of nitrogens with one attached hydrogen (secondary N) is 2. The third-order valence-electron chi connectivity index (χ3n) is 4.42. The van der Waals surface area contributed by atoms with Gasteiger partial charge in [-0.1, -0.05) is 18.2 Å². The van der Waals surface area contributed by atoms with Gasteiger partial charge in [-0.2, -0.15) is 13.2 Å². The third kappa shape index (κ3) is 3.58. The molecule has 5 nitrogen and oxygen atoms in total. The Bertz CT molecular complexity index is 1050. The van der Waals surface area contributed by atoms with Crippen LogP contribution in [-0.4, -0.2) is 30.2 Å². The van der Waals surface area contributed by atoms with E-state index in [0.717, 1.165) is 10.9 Å². The fourth-order valence-corrected chi connectivity index (χ4v) is 2.99. The van der Waals surface area contributed by atoms with Gasteiger partial charge in [0.25, 0.3) is 0 Å². The van der Waals surface area contributed by atoms with E-state index in [2.05, 4.69) is 10.3 Å². The maximum atomic E-state index is 12.5. The maximum absolute atomic E-state index is 12.5. The van der Waals surface area contributed by atoms with Crippen LogP contribution in [0.5, 0.6) is 11.5 Å². The Morgan fingerprint density at radius 1 is 1.07 bits per heavy atom. The molecule has 0 bridgehead atoms. The van der Waals surface area contributed by atoms with E-state index in [1.807, 2.05) is 36.4 Å². The monoisotopic (exact) mass is 387 g/mol. The van der Waals surface area contributed by atoms with E-state index in [4.69, 9.17) is 14.9 Å². The molecule has 0 unspecified atom stereocenters. The van der Waals surface area contributed by atoms with E-state index in [1.54, 1.807) is 12.1 Å². The van der Waals surface area contributed by atoms with Crippen LogP contribution in [0.4, 0.5) is 18.9 Å². The number of para-hydroxylation sites is 1. The predicted molar refractivity (Wildman–Crippen MR) is 100 cm³/mol. The topological polar surface area (TPSA) is 67.2 Å². The Balaban J connectivity index is 1.65. The lowest BCUT2D eigenvalue weighted by molar-refractivity contribution is -0.0611. The molecule has 4 rings (SSSR count). The van der Waals surface area contributed by atoms with E-state index in [9.17, 15) is 13.2 Å². The zero-order valence-corrected chi connectivity index (χ0v) is 14.6. The highest BCUT2D eigenvalue weighted by molar-refractivity contribution is 5.94. The van der Waals surface area contributed by atoms with Crippen LogP contribution in [0.2, 0.25) is 0 Å². The number of rotatable bonds is 5. The lowest BCUT2D eigenvalue weighted by Crippen LogP contribution is -2.24. The van der Waals surface area contributed by atoms with E-state index in [-0.39, 0.29) is 13.3 Å². The highest BCUT2D eigenvalue weighted by Crippen LogP contribution is 2.37. The number of pyridine rings is 1. The molecule has 28 heavy (non-hydrogen) atoms. The molecule has 0 amide bonds. The van der Waals surface area contributed by atoms with Gasteiger partial charge < -0.3 is 20.2 Å². The molecular weight excluding hydrogens is 371 g/mol. The Kier molecular flexibility index (Phi) is 4.54. The Labute approximate surface area is 158 Å². The van der Waals surface area contributed by atoms with E-state index < -0.39 is 18.3 Å². The summed E-state index contributed by atoms with van der Waals surface area (Å²) in [7, 11) is 0. The van der Waals surface area contributed by atoms with E-state index in [1.165, 1.54) is 0 Å². The molecule has 2 aromatic carbocycles. The molecule has 0 saturated heterocycles. The zero-order valence-electron chi connectivity index (χ0n) is 14.6. The predicted octanol–water partition coefficient (Wildman–Crippen LogP) is 5.01. The number of fused-ring (bicyclic) bond motifs is 2. The van der Waals surface area contributed by atoms with Crippen molar-refractivity contribution in [2.75, 3.05) is 18.7 Å². The minimum Gasteiger partial charge on any atom is -0.454 e. The van der Waals surface area contributed by atoms with Crippen molar-refractivity contribution in [3.05, 3.63) is 48.5 Å². The molecule has 0 spiro atoms. The molecule has 0 saturated carbocycles. The second kappa shape index (κ2) is 7.03. The fourth-order valence-electron chi connectivity index (χ4n) is 2.99. The molecule has 1 aliphatic rings. The number of hydrogen-bond acceptors (Lipinski definition) is 5. The van der Waals surface area contributed by atoms with Crippen LogP contribution >= 0.6 is 0 Å². The summed E-state index contributed by atoms with van der Waals surface area (Å²) in [5.74, 6) is 1.29. The number of halogens is 3. The summed E-state index contributed by atoms with van der Waals surface area (Å²) in [6.45, 7) is 0.162. The summed E-state index contributed by atoms with van der Waals surface area (Å²) in [6, 6.07) is 14.6. The standard InChI is InChI=1S/C20H16F3N3O2/c21-20(22,23)19(24)7-8-25-16-10-15(26-14-4-2-1-3-13(14)16)12-5-6-17-18(9-12)28-11-27-17/h1-6,9-10,24H,7-8,11H2,(H,25,26). The molecule has 0 fully saturated rings. The average molecular weight is 387 g/mol. The van der Waals surface area contributed by atoms with Crippen molar-refractivity contribution in [2.45, 2.75) is 12.6 Å². The normalized spacial score (nSPS) is 13.0. The molecule has 2 heterocycles. The van der Waals surface area contributed by atoms with E-state index in [0.29, 0.717) is 28.4 Å². The van der Waals surface area contributed by atoms with Gasteiger partial charge in [-0.25, -0.2) is 4.98 Å². The van der Waals surface area contributed by atoms with Gasteiger partial charge in [0.1, 0.15) is 5.71 Å². The van der Waals surface area contributed by atoms with Crippen LogP contribution in [-0.2, 0) is 0 Å². The van der Waals surface area contributed by atoms with Crippen LogP contribution in [0, 0.1) is 5.41 Å². The molecule has 0 atom stereocenters. The van der Waals surface area contributed by atoms with Crippen LogP contribution in [0.1, 0.15) is 6.42 Å². The minimum absolute atomic E-state index is 0.00701. The Hall–Kier alpha value is -3.29. The van der Waals surface area contributed by atoms with Gasteiger partial charge in [-0.3, -0.25) is 0 Å². The van der Waals surface area contributed by atoms with Crippen LogP contribution in [0.25, 0.3) is 22.2 Å². The number of ether oxygens (including phenoxy) is 2. The molecule has 1 aromatic heterocycles. The largest absolute Gasteiger partial charge is 0.454 e. The third-order valence-corrected chi connectivity index (χ3v) is 4.42. The second-order valence-electron chi connectivity index (χ2n) is 6.29. The molecule has 8 heteroatoms. The van der Waals surface area contributed by atoms with Gasteiger partial charge in [0, 0.05) is 29.6 Å². The molecule has 1 aliphatic heterocycles. The van der Waals surface area contributed by atoms with Crippen LogP contribution in [0.15, 0.2) is 48.5 Å². The average Bonchev–Trinajstić information content (AvgIpc) is 3.14. The van der Waals surface area contributed by atoms with Gasteiger partial charge >= 0.3 is 6.18 Å². The van der Waals surface area contributed by atoms with Crippen molar-refractivity contribution in [2.24, 2.45) is 0 Å². The van der Waals surface area contributed by atoms with Crippen molar-refractivity contribution in [3.8, 4) is 22.8 Å². The van der Waals surface area contributed by atoms with Crippen molar-refractivity contribution < 1.29 is 22.6 Å². The molecule has 3 aromatic rings. The van der Waals surface area contributed by atoms with E-state index >= 15 is 0 Å². The molecule has 2 N–H and O–H groups in total. The van der Waals surface area contributed by atoms with Crippen molar-refractivity contribution in [3.63, 3.8) is 0 Å². The highest BCUT2D eigenvalue weighted by Gasteiger charge is 2.33. The van der Waals surface area contributed by atoms with Gasteiger partial charge in [-0.05, 0) is 30.3 Å². The van der Waals surface area contributed by atoms with Crippen molar-refractivity contribution in [1.82, 2.24) is 4.98 Å². The first-order valence-electron chi connectivity index (χ1n) is 8.60. The fraction of sp³-hybridized carbons (Fsp3) is 0.200. The first-order valence-corrected chi connectivity index (χ1v) is 8.60. The highest BCUT2D eigenvalue weighted by atomic mass is 19.4. The molecule has 0 aliphatic carbocycles. The first-order chi connectivity index (χ1) is 13.4. The summed E-state index contributed by atoms with van der Waals surface area (Å²) in [5, 5.41) is 10.9. The smallest absolute Gasteiger partial charge is 0.428 e. The number of benzene rings is 2. The van der Waals surface area contributed by atoms with Gasteiger partial charge in [0.2, 0.25) is 6.79 Å². The lowest BCUT2D eigenvalue weighted by Gasteiger charge is -2.13. The van der Waals surface area contributed by atoms with Crippen LogP contribution < -0.4 is 14.8 Å². The van der Waals surface area contributed by atoms with Crippen LogP contribution in [0.3, 0.4) is 0 Å². The molecule has 0 radical (unpaired) electrons. The summed E-state index contributed by atoms with van der Waals surface area (Å²) < 4.78 is 48.3. The second-order valence-corrected chi connectivity index (χ2v) is 6.29. The number of aromatic nitrogens is 1. The number of anilines is 1. The molecular formula is C20H16F3N3O2. The van der Waals surface area contributed by atoms with Gasteiger partial charge in [0.15, 0.2) is 11.5 Å². The Morgan fingerprint density at radius 3 is 2.68 bits per heavy atom. The number of alkyl halides is 3. The molecule has 144 valence electrons. The summed E-state index contributed by atoms with van der Waals surface area (Å²) in [6.07, 6.45) is -5.01. The summed E-state index contributed by atoms with van der Waals surface area (Å²) >= 11 is 0. The minimum atomic E-state index is -4.60. The number of nitrogens with zero attached hydrogens (tertiary/aromatic N) is 1. The Morgan fingerprint density at radius 2 is 1.86 bits per heavy atom. The van der Waals surface area contributed by atoms with Crippen molar-refractivity contribution >= 4 is 22.3 Å². The van der Waals surface area contributed by atoms with Crippen molar-refractivity contribution in [1.29, 1.82) is 5.41 Å². The maximum Gasteiger partial charge on any atom is 0.428 e. The van der Waals surface area contributed by atoms with Gasteiger partial charge in [0.05, 0.1) is 11.2 Å². The van der Waals surface area contributed by atoms with Gasteiger partial charge in [-0.15, -0.1) is 0 Å².